The van der Waals surface area contributed by atoms with E-state index in [0.717, 1.165) is 13.0 Å². The lowest BCUT2D eigenvalue weighted by Gasteiger charge is -2.37. The maximum Gasteiger partial charge on any atom is 0.0953 e. The van der Waals surface area contributed by atoms with Crippen molar-refractivity contribution in [3.63, 3.8) is 0 Å². The van der Waals surface area contributed by atoms with Gasteiger partial charge in [0, 0.05) is 13.0 Å². The Kier molecular flexibility index (Phi) is 8.07. The van der Waals surface area contributed by atoms with E-state index < -0.39 is 0 Å². The number of hydrogen-bond donors (Lipinski definition) is 3. The van der Waals surface area contributed by atoms with Gasteiger partial charge in [-0.05, 0) is 103 Å². The van der Waals surface area contributed by atoms with Crippen molar-refractivity contribution < 1.29 is 14.2 Å². The van der Waals surface area contributed by atoms with Crippen LogP contribution in [0.4, 0.5) is 0 Å². The van der Waals surface area contributed by atoms with Crippen LogP contribution >= 0.6 is 0 Å². The van der Waals surface area contributed by atoms with Gasteiger partial charge in [-0.2, -0.15) is 0 Å². The summed E-state index contributed by atoms with van der Waals surface area (Å²) in [6, 6.07) is 16.1. The van der Waals surface area contributed by atoms with Gasteiger partial charge in [0.2, 0.25) is 0 Å². The normalized spacial score (nSPS) is 27.2. The van der Waals surface area contributed by atoms with E-state index >= 15 is 0 Å². The maximum absolute atomic E-state index is 6.77. The van der Waals surface area contributed by atoms with E-state index in [1.54, 1.807) is 0 Å². The van der Waals surface area contributed by atoms with Crippen LogP contribution in [0.15, 0.2) is 42.5 Å². The number of hydrogen-bond acceptors (Lipinski definition) is 6. The second-order valence-electron chi connectivity index (χ2n) is 12.4. The molecule has 6 rings (SSSR count). The van der Waals surface area contributed by atoms with Crippen molar-refractivity contribution in [1.29, 1.82) is 0 Å². The Morgan fingerprint density at radius 2 is 1.44 bits per heavy atom. The van der Waals surface area contributed by atoms with Crippen molar-refractivity contribution in [2.24, 2.45) is 5.73 Å². The van der Waals surface area contributed by atoms with Crippen LogP contribution in [0.1, 0.15) is 92.4 Å². The van der Waals surface area contributed by atoms with Crippen LogP contribution in [0.3, 0.4) is 0 Å². The summed E-state index contributed by atoms with van der Waals surface area (Å²) in [6.45, 7) is 13.5. The number of nitrogens with two attached hydrogens (primary N) is 1. The molecule has 41 heavy (non-hydrogen) atoms. The summed E-state index contributed by atoms with van der Waals surface area (Å²) in [7, 11) is 2.01. The lowest BCUT2D eigenvalue weighted by atomic mass is 9.86. The second-order valence-corrected chi connectivity index (χ2v) is 12.4. The predicted molar refractivity (Wildman–Crippen MR) is 163 cm³/mol. The molecule has 3 aromatic carbocycles. The topological polar surface area (TPSA) is 77.8 Å². The molecule has 0 aromatic heterocycles. The first-order valence-corrected chi connectivity index (χ1v) is 15.1. The molecule has 3 aliphatic rings. The van der Waals surface area contributed by atoms with E-state index in [0.29, 0.717) is 19.8 Å². The fourth-order valence-corrected chi connectivity index (χ4v) is 6.79. The molecule has 0 saturated heterocycles. The molecule has 6 atom stereocenters. The van der Waals surface area contributed by atoms with E-state index in [9.17, 15) is 0 Å². The molecule has 0 radical (unpaired) electrons. The summed E-state index contributed by atoms with van der Waals surface area (Å²) in [4.78, 5) is 0. The number of aryl methyl sites for hydroxylation is 4. The average molecular weight is 556 g/mol. The molecule has 0 bridgehead atoms. The molecule has 1 unspecified atom stereocenters. The molecule has 0 saturated carbocycles. The smallest absolute Gasteiger partial charge is 0.0953 e. The largest absolute Gasteiger partial charge is 0.372 e. The minimum atomic E-state index is -0.135. The van der Waals surface area contributed by atoms with Crippen LogP contribution in [0, 0.1) is 27.7 Å². The number of benzene rings is 3. The third kappa shape index (κ3) is 5.50. The van der Waals surface area contributed by atoms with E-state index in [1.807, 2.05) is 7.05 Å². The molecular weight excluding hydrogens is 510 g/mol. The van der Waals surface area contributed by atoms with E-state index in [-0.39, 0.29) is 36.4 Å². The minimum absolute atomic E-state index is 0.0287. The Bertz CT molecular complexity index is 1440. The monoisotopic (exact) mass is 555 g/mol. The van der Waals surface area contributed by atoms with Gasteiger partial charge in [0.25, 0.3) is 0 Å². The fourth-order valence-electron chi connectivity index (χ4n) is 6.79. The van der Waals surface area contributed by atoms with Gasteiger partial charge in [0.15, 0.2) is 0 Å². The molecule has 3 heterocycles. The van der Waals surface area contributed by atoms with Gasteiger partial charge in [0.1, 0.15) is 0 Å². The number of ether oxygens (including phenoxy) is 3. The van der Waals surface area contributed by atoms with Crippen LogP contribution in [0.2, 0.25) is 0 Å². The van der Waals surface area contributed by atoms with Gasteiger partial charge in [-0.1, -0.05) is 42.5 Å². The summed E-state index contributed by atoms with van der Waals surface area (Å²) in [5, 5.41) is 7.28. The van der Waals surface area contributed by atoms with Crippen LogP contribution < -0.4 is 16.4 Å². The van der Waals surface area contributed by atoms with Crippen molar-refractivity contribution in [3.8, 4) is 0 Å². The molecule has 0 fully saturated rings. The second kappa shape index (κ2) is 11.6. The summed E-state index contributed by atoms with van der Waals surface area (Å²) in [6.07, 6.45) is 0.803. The molecule has 4 N–H and O–H groups in total. The quantitative estimate of drug-likeness (QED) is 0.365. The highest BCUT2D eigenvalue weighted by Gasteiger charge is 2.33. The van der Waals surface area contributed by atoms with Crippen LogP contribution in [0.5, 0.6) is 0 Å². The highest BCUT2D eigenvalue weighted by molar-refractivity contribution is 5.43. The van der Waals surface area contributed by atoms with Crippen molar-refractivity contribution in [2.75, 3.05) is 20.2 Å². The molecule has 3 aromatic rings. The van der Waals surface area contributed by atoms with Gasteiger partial charge in [0.05, 0.1) is 56.3 Å². The Balaban J connectivity index is 1.20. The zero-order valence-corrected chi connectivity index (χ0v) is 25.3. The minimum Gasteiger partial charge on any atom is -0.372 e. The molecule has 0 spiro atoms. The first-order valence-electron chi connectivity index (χ1n) is 15.1. The van der Waals surface area contributed by atoms with Gasteiger partial charge < -0.3 is 30.6 Å². The Hall–Kier alpha value is -2.58. The van der Waals surface area contributed by atoms with E-state index in [1.165, 1.54) is 61.2 Å². The molecule has 218 valence electrons. The Labute approximate surface area is 245 Å². The van der Waals surface area contributed by atoms with Gasteiger partial charge in [-0.15, -0.1) is 0 Å². The van der Waals surface area contributed by atoms with E-state index in [2.05, 4.69) is 87.7 Å². The van der Waals surface area contributed by atoms with E-state index in [4.69, 9.17) is 19.9 Å². The fraction of sp³-hybridized carbons (Fsp3) is 0.486. The molecular formula is C35H45N3O3. The number of fused-ring (bicyclic) bond motifs is 3. The Morgan fingerprint density at radius 3 is 2.17 bits per heavy atom. The van der Waals surface area contributed by atoms with Crippen molar-refractivity contribution in [1.82, 2.24) is 10.6 Å². The number of nitrogens with one attached hydrogen (secondary N) is 2. The summed E-state index contributed by atoms with van der Waals surface area (Å²) in [5.41, 5.74) is 20.8. The van der Waals surface area contributed by atoms with Crippen molar-refractivity contribution >= 4 is 0 Å². The lowest BCUT2D eigenvalue weighted by Crippen LogP contribution is -2.40. The van der Waals surface area contributed by atoms with Gasteiger partial charge in [-0.25, -0.2) is 0 Å². The van der Waals surface area contributed by atoms with Crippen molar-refractivity contribution in [3.05, 3.63) is 104 Å². The molecule has 0 amide bonds. The average Bonchev–Trinajstić information content (AvgIpc) is 2.96. The molecule has 0 aliphatic carbocycles. The van der Waals surface area contributed by atoms with Gasteiger partial charge in [-0.3, -0.25) is 0 Å². The van der Waals surface area contributed by atoms with Gasteiger partial charge >= 0.3 is 0 Å². The Morgan fingerprint density at radius 1 is 0.780 bits per heavy atom. The van der Waals surface area contributed by atoms with Crippen LogP contribution in [-0.4, -0.2) is 32.4 Å². The highest BCUT2D eigenvalue weighted by atomic mass is 16.5. The molecule has 6 heteroatoms. The summed E-state index contributed by atoms with van der Waals surface area (Å²) in [5.74, 6) is 0. The van der Waals surface area contributed by atoms with Crippen LogP contribution in [0.25, 0.3) is 0 Å². The summed E-state index contributed by atoms with van der Waals surface area (Å²) >= 11 is 0. The number of rotatable bonds is 6. The SMILES string of the molecule is CNC1CO[C@@H](CN[C@H]2c3cc(C)c(C)cc3CO[C@@H]2C)c2ccc(C[C@@H]3OCc4cc(C)c(C)cc4[C@@H]3N)cc21. The first kappa shape index (κ1) is 28.5. The molecule has 6 nitrogen and oxygen atoms in total. The first-order chi connectivity index (χ1) is 19.7. The standard InChI is InChI=1S/C35H45N3O3/c1-19-9-25-17-40-32(34(36)28(25)11-21(19)3)14-24-7-8-27-30(13-24)31(37-6)18-41-33(27)15-38-35-23(5)39-16-26-10-20(2)22(4)12-29(26)35/h7-13,23,31-35,37-38H,14-18,36H2,1-6H3/t23-,31?,32+,33+,34+,35-/m1/s1. The zero-order valence-electron chi connectivity index (χ0n) is 25.3. The zero-order chi connectivity index (χ0) is 28.8. The predicted octanol–water partition coefficient (Wildman–Crippen LogP) is 5.64. The lowest BCUT2D eigenvalue weighted by molar-refractivity contribution is -0.00562. The summed E-state index contributed by atoms with van der Waals surface area (Å²) < 4.78 is 18.9. The number of likely N-dealkylation sites (N-methyl/N-ethyl adjacent to an activating group) is 1. The van der Waals surface area contributed by atoms with Crippen molar-refractivity contribution in [2.45, 2.75) is 90.7 Å². The maximum atomic E-state index is 6.77. The third-order valence-corrected chi connectivity index (χ3v) is 9.68. The molecule has 3 aliphatic heterocycles. The van der Waals surface area contributed by atoms with Crippen LogP contribution in [-0.2, 0) is 33.8 Å². The highest BCUT2D eigenvalue weighted by Crippen LogP contribution is 2.37. The third-order valence-electron chi connectivity index (χ3n) is 9.68.